The highest BCUT2D eigenvalue weighted by atomic mass is 16.6. The Morgan fingerprint density at radius 1 is 0.863 bits per heavy atom. The van der Waals surface area contributed by atoms with Crippen molar-refractivity contribution < 1.29 is 67.6 Å². The second kappa shape index (κ2) is 26.9. The summed E-state index contributed by atoms with van der Waals surface area (Å²) in [5.74, 6) is -7.66. The second-order valence-electron chi connectivity index (χ2n) is 21.3. The minimum Gasteiger partial charge on any atom is -0.497 e. The number of nitrogens with one attached hydrogen (secondary N) is 3. The van der Waals surface area contributed by atoms with Crippen LogP contribution in [0.25, 0.3) is 0 Å². The van der Waals surface area contributed by atoms with E-state index in [0.29, 0.717) is 30.6 Å². The van der Waals surface area contributed by atoms with E-state index < -0.39 is 139 Å². The molecule has 3 aliphatic rings. The fraction of sp³-hybridized carbons (Fsp3) is 0.712. The number of fused-ring (bicyclic) bond motifs is 1. The van der Waals surface area contributed by atoms with E-state index in [9.17, 15) is 53.4 Å². The number of likely N-dealkylation sites (tertiary alicyclic amines) is 1. The lowest BCUT2D eigenvalue weighted by atomic mass is 9.95. The molecule has 4 rings (SSSR count). The van der Waals surface area contributed by atoms with Gasteiger partial charge in [0.05, 0.1) is 25.7 Å². The van der Waals surface area contributed by atoms with Crippen LogP contribution in [0.1, 0.15) is 113 Å². The van der Waals surface area contributed by atoms with Crippen molar-refractivity contribution in [3.8, 4) is 5.75 Å². The molecule has 0 spiro atoms. The Hall–Kier alpha value is -5.83. The summed E-state index contributed by atoms with van der Waals surface area (Å²) in [7, 11) is 4.32. The number of cyclic esters (lactones) is 2. The minimum absolute atomic E-state index is 0.0909. The number of rotatable bonds is 14. The number of hydrogen-bond acceptors (Lipinski definition) is 14. The maximum absolute atomic E-state index is 14.7. The summed E-state index contributed by atoms with van der Waals surface area (Å²) >= 11 is 0. The summed E-state index contributed by atoms with van der Waals surface area (Å²) < 4.78 is 16.9. The molecule has 5 N–H and O–H groups in total. The monoisotopic (exact) mass is 1030 g/mol. The molecule has 3 fully saturated rings. The Morgan fingerprint density at radius 3 is 2.08 bits per heavy atom. The molecular weight excluding hydrogens is 947 g/mol. The van der Waals surface area contributed by atoms with Crippen LogP contribution in [-0.4, -0.2) is 185 Å². The van der Waals surface area contributed by atoms with Gasteiger partial charge in [0, 0.05) is 33.6 Å². The van der Waals surface area contributed by atoms with Gasteiger partial charge in [-0.1, -0.05) is 67.5 Å². The number of esters is 2. The molecule has 21 heteroatoms. The average molecular weight is 1030 g/mol. The molecule has 0 aromatic heterocycles. The van der Waals surface area contributed by atoms with Crippen LogP contribution in [0.5, 0.6) is 5.75 Å². The van der Waals surface area contributed by atoms with Crippen molar-refractivity contribution in [2.45, 2.75) is 174 Å². The van der Waals surface area contributed by atoms with E-state index in [0.717, 1.165) is 0 Å². The molecule has 4 unspecified atom stereocenters. The van der Waals surface area contributed by atoms with E-state index in [4.69, 9.17) is 14.2 Å². The minimum atomic E-state index is -1.69. The number of aliphatic hydroxyl groups excluding tert-OH is 2. The lowest BCUT2D eigenvalue weighted by Gasteiger charge is -2.35. The number of nitrogens with zero attached hydrogens (tertiary/aromatic N) is 4. The number of benzene rings is 1. The first kappa shape index (κ1) is 59.7. The van der Waals surface area contributed by atoms with E-state index in [1.54, 1.807) is 52.0 Å². The van der Waals surface area contributed by atoms with E-state index >= 15 is 0 Å². The molecule has 408 valence electrons. The summed E-state index contributed by atoms with van der Waals surface area (Å²) in [6.07, 6.45) is -3.40. The Morgan fingerprint density at radius 2 is 1.51 bits per heavy atom. The number of hydrogen-bond donors (Lipinski definition) is 5. The molecule has 0 radical (unpaired) electrons. The first-order chi connectivity index (χ1) is 34.3. The van der Waals surface area contributed by atoms with Gasteiger partial charge in [0.25, 0.3) is 11.8 Å². The van der Waals surface area contributed by atoms with E-state index in [1.807, 2.05) is 27.7 Å². The molecule has 73 heavy (non-hydrogen) atoms. The van der Waals surface area contributed by atoms with Crippen molar-refractivity contribution in [2.24, 2.45) is 23.7 Å². The average Bonchev–Trinajstić information content (AvgIpc) is 4.03. The van der Waals surface area contributed by atoms with Gasteiger partial charge in [-0.25, -0.2) is 4.79 Å². The summed E-state index contributed by atoms with van der Waals surface area (Å²) in [4.78, 5) is 133. The number of likely N-dealkylation sites (N-methyl/N-ethyl adjacent to an activating group) is 2. The number of ether oxygens (including phenoxy) is 3. The Balaban J connectivity index is 1.81. The molecule has 1 aromatic rings. The van der Waals surface area contributed by atoms with Crippen molar-refractivity contribution in [1.82, 2.24) is 35.6 Å². The molecule has 1 aromatic carbocycles. The van der Waals surface area contributed by atoms with Gasteiger partial charge in [-0.3, -0.25) is 38.4 Å². The van der Waals surface area contributed by atoms with Crippen molar-refractivity contribution in [2.75, 3.05) is 40.9 Å². The third-order valence-electron chi connectivity index (χ3n) is 13.8. The fourth-order valence-electron chi connectivity index (χ4n) is 9.65. The van der Waals surface area contributed by atoms with E-state index in [2.05, 4.69) is 16.0 Å². The second-order valence-corrected chi connectivity index (χ2v) is 21.3. The zero-order valence-electron chi connectivity index (χ0n) is 44.8. The van der Waals surface area contributed by atoms with Crippen molar-refractivity contribution in [3.05, 3.63) is 29.8 Å². The number of amides is 7. The quantitative estimate of drug-likeness (QED) is 0.165. The Labute approximate surface area is 429 Å². The van der Waals surface area contributed by atoms with Crippen LogP contribution in [0.15, 0.2) is 24.3 Å². The van der Waals surface area contributed by atoms with E-state index in [1.165, 1.54) is 47.7 Å². The standard InChI is InChI=1S/C52H81N7O14/c1-28(2)23-35-49(67)59-22-14-16-38(59)51(69)57(11)40(25-33-17-19-34(71-12)20-18-33)52(70)72-27-36(45(63)55-43(30(5)6)41(61)26-42(62)73-44(31(7)8)47(65)53-35)54-46(64)39(24-29(3)4)56(10)50(68)37-15-13-21-58(37)48(66)32(9)60/h17-20,28-32,35-41,43-44,60-61H,13-16,21-27H2,1-12H3,(H,53,65)(H,54,64)(H,55,63)/t32-,35-,36-,37?,38?,39?,40?,41-,43+,44-/m0/s1. The van der Waals surface area contributed by atoms with Crippen molar-refractivity contribution >= 4 is 53.3 Å². The first-order valence-corrected chi connectivity index (χ1v) is 25.7. The van der Waals surface area contributed by atoms with Gasteiger partial charge in [0.2, 0.25) is 29.5 Å². The molecule has 3 aliphatic heterocycles. The van der Waals surface area contributed by atoms with Gasteiger partial charge < -0.3 is 60.0 Å². The third kappa shape index (κ3) is 15.8. The molecule has 21 nitrogen and oxygen atoms in total. The number of carbonyl (C=O) groups excluding carboxylic acids is 9. The normalized spacial score (nSPS) is 26.2. The molecule has 7 amide bonds. The highest BCUT2D eigenvalue weighted by Gasteiger charge is 2.44. The molecular formula is C52H81N7O14. The van der Waals surface area contributed by atoms with Crippen LogP contribution >= 0.6 is 0 Å². The predicted molar refractivity (Wildman–Crippen MR) is 267 cm³/mol. The molecule has 3 saturated heterocycles. The first-order valence-electron chi connectivity index (χ1n) is 25.7. The van der Waals surface area contributed by atoms with E-state index in [-0.39, 0.29) is 50.6 Å². The van der Waals surface area contributed by atoms with Crippen molar-refractivity contribution in [1.29, 1.82) is 0 Å². The topological polar surface area (TPSA) is 271 Å². The van der Waals surface area contributed by atoms with Crippen LogP contribution in [0.4, 0.5) is 0 Å². The Bertz CT molecular complexity index is 2120. The molecule has 0 bridgehead atoms. The summed E-state index contributed by atoms with van der Waals surface area (Å²) in [5, 5.41) is 29.8. The third-order valence-corrected chi connectivity index (χ3v) is 13.8. The van der Waals surface area contributed by atoms with Crippen LogP contribution in [0.2, 0.25) is 0 Å². The Kier molecular flexibility index (Phi) is 22.0. The molecule has 3 heterocycles. The molecule has 0 aliphatic carbocycles. The summed E-state index contributed by atoms with van der Waals surface area (Å²) in [5.41, 5.74) is 0.597. The highest BCUT2D eigenvalue weighted by Crippen LogP contribution is 2.26. The number of carbonyl (C=O) groups is 9. The van der Waals surface area contributed by atoms with Crippen LogP contribution in [0, 0.1) is 23.7 Å². The summed E-state index contributed by atoms with van der Waals surface area (Å²) in [6.45, 7) is 14.9. The summed E-state index contributed by atoms with van der Waals surface area (Å²) in [6, 6.07) is -1.80. The number of methoxy groups -OCH3 is 1. The SMILES string of the molecule is COc1ccc(CC2C(=O)OC[C@H](NC(=O)C(CC(C)C)N(C)C(=O)C3CCCN3C(=O)[C@H](C)O)C(=O)N[C@H](C(C)C)[C@@H](O)CC(=O)O[C@@H](C(C)C)C(=O)N[C@@H](CC(C)C)C(=O)N3CCCC3C(=O)N2C)cc1. The van der Waals surface area contributed by atoms with Crippen LogP contribution in [-0.2, 0) is 59.0 Å². The van der Waals surface area contributed by atoms with Gasteiger partial charge >= 0.3 is 11.9 Å². The maximum atomic E-state index is 14.7. The van der Waals surface area contributed by atoms with Gasteiger partial charge in [-0.15, -0.1) is 0 Å². The molecule has 10 atom stereocenters. The van der Waals surface area contributed by atoms with Crippen molar-refractivity contribution in [3.63, 3.8) is 0 Å². The fourth-order valence-corrected chi connectivity index (χ4v) is 9.65. The van der Waals surface area contributed by atoms with Crippen LogP contribution < -0.4 is 20.7 Å². The smallest absolute Gasteiger partial charge is 0.329 e. The lowest BCUT2D eigenvalue weighted by Crippen LogP contribution is -2.60. The maximum Gasteiger partial charge on any atom is 0.329 e. The van der Waals surface area contributed by atoms with Gasteiger partial charge in [0.15, 0.2) is 6.10 Å². The zero-order valence-corrected chi connectivity index (χ0v) is 44.8. The zero-order chi connectivity index (χ0) is 54.6. The van der Waals surface area contributed by atoms with Gasteiger partial charge in [-0.05, 0) is 86.8 Å². The number of aliphatic hydroxyl groups is 2. The highest BCUT2D eigenvalue weighted by molar-refractivity contribution is 5.96. The van der Waals surface area contributed by atoms with Gasteiger partial charge in [-0.2, -0.15) is 0 Å². The van der Waals surface area contributed by atoms with Crippen LogP contribution in [0.3, 0.4) is 0 Å². The predicted octanol–water partition coefficient (Wildman–Crippen LogP) is 1.33. The lowest BCUT2D eigenvalue weighted by molar-refractivity contribution is -0.161. The molecule has 0 saturated carbocycles. The largest absolute Gasteiger partial charge is 0.497 e. The van der Waals surface area contributed by atoms with Gasteiger partial charge in [0.1, 0.15) is 54.7 Å².